The smallest absolute Gasteiger partial charge is 0.330 e. The summed E-state index contributed by atoms with van der Waals surface area (Å²) in [5.41, 5.74) is -0.460. The molecular formula is C15H26N2O3. The number of carbonyl (C=O) groups excluding carboxylic acids is 2. The monoisotopic (exact) mass is 282 g/mol. The van der Waals surface area contributed by atoms with Crippen molar-refractivity contribution in [2.75, 3.05) is 26.2 Å². The molecule has 114 valence electrons. The highest BCUT2D eigenvalue weighted by Crippen LogP contribution is 2.23. The molecular weight excluding hydrogens is 256 g/mol. The first-order valence-corrected chi connectivity index (χ1v) is 7.61. The number of nitrogens with zero attached hydrogens (tertiary/aromatic N) is 2. The van der Waals surface area contributed by atoms with Crippen LogP contribution < -0.4 is 0 Å². The Kier molecular flexibility index (Phi) is 4.68. The quantitative estimate of drug-likeness (QED) is 0.792. The van der Waals surface area contributed by atoms with E-state index in [0.717, 1.165) is 45.4 Å². The number of amides is 1. The Morgan fingerprint density at radius 1 is 1.25 bits per heavy atom. The second kappa shape index (κ2) is 6.12. The van der Waals surface area contributed by atoms with Crippen LogP contribution in [0.3, 0.4) is 0 Å². The van der Waals surface area contributed by atoms with Crippen molar-refractivity contribution in [2.24, 2.45) is 11.3 Å². The molecule has 0 atom stereocenters. The molecule has 0 spiro atoms. The third kappa shape index (κ3) is 3.95. The van der Waals surface area contributed by atoms with E-state index < -0.39 is 5.41 Å². The van der Waals surface area contributed by atoms with Crippen molar-refractivity contribution in [3.63, 3.8) is 0 Å². The summed E-state index contributed by atoms with van der Waals surface area (Å²) < 4.78 is 0. The lowest BCUT2D eigenvalue weighted by Crippen LogP contribution is -2.41. The molecule has 0 bridgehead atoms. The molecule has 0 saturated carbocycles. The molecule has 5 nitrogen and oxygen atoms in total. The zero-order chi connectivity index (χ0) is 14.8. The highest BCUT2D eigenvalue weighted by atomic mass is 16.7. The molecule has 5 heteroatoms. The number of rotatable bonds is 3. The minimum atomic E-state index is -0.460. The van der Waals surface area contributed by atoms with E-state index in [1.165, 1.54) is 0 Å². The number of hydroxylamine groups is 2. The van der Waals surface area contributed by atoms with Gasteiger partial charge in [0.25, 0.3) is 0 Å². The Bertz CT molecular complexity index is 368. The van der Waals surface area contributed by atoms with Gasteiger partial charge >= 0.3 is 5.97 Å². The van der Waals surface area contributed by atoms with Gasteiger partial charge in [-0.3, -0.25) is 4.79 Å². The minimum absolute atomic E-state index is 0.175. The average Bonchev–Trinajstić information content (AvgIpc) is 2.76. The van der Waals surface area contributed by atoms with E-state index >= 15 is 0 Å². The van der Waals surface area contributed by atoms with Crippen molar-refractivity contribution in [2.45, 2.75) is 46.5 Å². The van der Waals surface area contributed by atoms with Crippen LogP contribution in [0.4, 0.5) is 0 Å². The standard InChI is InChI=1S/C15H26N2O3/c1-15(2,3)14(19)20-17-9-6-12(7-10-17)11-16-8-4-5-13(16)18/h12H,4-11H2,1-3H3. The van der Waals surface area contributed by atoms with Gasteiger partial charge in [-0.05, 0) is 46.0 Å². The topological polar surface area (TPSA) is 49.9 Å². The van der Waals surface area contributed by atoms with Gasteiger partial charge in [-0.15, -0.1) is 5.06 Å². The maximum absolute atomic E-state index is 11.8. The number of hydrogen-bond acceptors (Lipinski definition) is 4. The van der Waals surface area contributed by atoms with Gasteiger partial charge in [0.1, 0.15) is 0 Å². The van der Waals surface area contributed by atoms with Crippen molar-refractivity contribution in [1.82, 2.24) is 9.96 Å². The Morgan fingerprint density at radius 3 is 2.40 bits per heavy atom. The van der Waals surface area contributed by atoms with Crippen LogP contribution in [0.15, 0.2) is 0 Å². The summed E-state index contributed by atoms with van der Waals surface area (Å²) in [6.45, 7) is 8.92. The second-order valence-electron chi connectivity index (χ2n) is 6.94. The lowest BCUT2D eigenvalue weighted by atomic mass is 9.97. The van der Waals surface area contributed by atoms with Crippen molar-refractivity contribution in [3.05, 3.63) is 0 Å². The number of carbonyl (C=O) groups is 2. The molecule has 2 aliphatic rings. The molecule has 2 saturated heterocycles. The van der Waals surface area contributed by atoms with Crippen LogP contribution in [0.2, 0.25) is 0 Å². The van der Waals surface area contributed by atoms with Crippen molar-refractivity contribution in [3.8, 4) is 0 Å². The van der Waals surface area contributed by atoms with E-state index in [4.69, 9.17) is 4.84 Å². The molecule has 2 rings (SSSR count). The van der Waals surface area contributed by atoms with Gasteiger partial charge in [0.15, 0.2) is 0 Å². The Morgan fingerprint density at radius 2 is 1.90 bits per heavy atom. The fraction of sp³-hybridized carbons (Fsp3) is 0.867. The number of likely N-dealkylation sites (tertiary alicyclic amines) is 1. The lowest BCUT2D eigenvalue weighted by molar-refractivity contribution is -0.206. The molecule has 20 heavy (non-hydrogen) atoms. The zero-order valence-electron chi connectivity index (χ0n) is 12.9. The van der Waals surface area contributed by atoms with Gasteiger partial charge in [-0.2, -0.15) is 0 Å². The van der Waals surface area contributed by atoms with Gasteiger partial charge in [-0.1, -0.05) is 0 Å². The maximum atomic E-state index is 11.8. The van der Waals surface area contributed by atoms with Crippen molar-refractivity contribution >= 4 is 11.9 Å². The third-order valence-corrected chi connectivity index (χ3v) is 4.05. The molecule has 0 aromatic rings. The average molecular weight is 282 g/mol. The fourth-order valence-corrected chi connectivity index (χ4v) is 2.65. The van der Waals surface area contributed by atoms with Crippen LogP contribution in [0.5, 0.6) is 0 Å². The summed E-state index contributed by atoms with van der Waals surface area (Å²) in [5, 5.41) is 1.77. The predicted octanol–water partition coefficient (Wildman–Crippen LogP) is 1.83. The summed E-state index contributed by atoms with van der Waals surface area (Å²) in [5.74, 6) is 0.666. The first kappa shape index (κ1) is 15.3. The maximum Gasteiger partial charge on any atom is 0.330 e. The predicted molar refractivity (Wildman–Crippen MR) is 75.7 cm³/mol. The highest BCUT2D eigenvalue weighted by Gasteiger charge is 2.30. The molecule has 0 aliphatic carbocycles. The van der Waals surface area contributed by atoms with E-state index in [0.29, 0.717) is 18.2 Å². The van der Waals surface area contributed by atoms with Crippen LogP contribution >= 0.6 is 0 Å². The van der Waals surface area contributed by atoms with Crippen LogP contribution in [-0.4, -0.2) is 48.0 Å². The lowest BCUT2D eigenvalue weighted by Gasteiger charge is -2.33. The van der Waals surface area contributed by atoms with Gasteiger partial charge in [0.2, 0.25) is 5.91 Å². The summed E-state index contributed by atoms with van der Waals surface area (Å²) >= 11 is 0. The van der Waals surface area contributed by atoms with Crippen LogP contribution in [0.25, 0.3) is 0 Å². The summed E-state index contributed by atoms with van der Waals surface area (Å²) in [6.07, 6.45) is 3.69. The van der Waals surface area contributed by atoms with Gasteiger partial charge < -0.3 is 9.74 Å². The van der Waals surface area contributed by atoms with E-state index in [-0.39, 0.29) is 5.97 Å². The summed E-state index contributed by atoms with van der Waals surface area (Å²) in [6, 6.07) is 0. The Labute approximate surface area is 121 Å². The number of hydrogen-bond donors (Lipinski definition) is 0. The molecule has 0 aromatic carbocycles. The highest BCUT2D eigenvalue weighted by molar-refractivity contribution is 5.78. The molecule has 0 radical (unpaired) electrons. The van der Waals surface area contributed by atoms with Crippen LogP contribution in [-0.2, 0) is 14.4 Å². The largest absolute Gasteiger partial charge is 0.367 e. The van der Waals surface area contributed by atoms with Crippen LogP contribution in [0, 0.1) is 11.3 Å². The first-order chi connectivity index (χ1) is 9.36. The summed E-state index contributed by atoms with van der Waals surface area (Å²) in [7, 11) is 0. The Hall–Kier alpha value is -1.10. The van der Waals surface area contributed by atoms with Gasteiger partial charge in [-0.25, -0.2) is 4.79 Å². The van der Waals surface area contributed by atoms with Crippen molar-refractivity contribution in [1.29, 1.82) is 0 Å². The molecule has 1 amide bonds. The molecule has 0 unspecified atom stereocenters. The molecule has 0 N–H and O–H groups in total. The van der Waals surface area contributed by atoms with Crippen molar-refractivity contribution < 1.29 is 14.4 Å². The first-order valence-electron chi connectivity index (χ1n) is 7.61. The summed E-state index contributed by atoms with van der Waals surface area (Å²) in [4.78, 5) is 30.8. The fourth-order valence-electron chi connectivity index (χ4n) is 2.65. The molecule has 2 fully saturated rings. The SMILES string of the molecule is CC(C)(C)C(=O)ON1CCC(CN2CCCC2=O)CC1. The molecule has 2 aliphatic heterocycles. The van der Waals surface area contributed by atoms with E-state index in [9.17, 15) is 9.59 Å². The van der Waals surface area contributed by atoms with Crippen LogP contribution in [0.1, 0.15) is 46.5 Å². The molecule has 2 heterocycles. The van der Waals surface area contributed by atoms with E-state index in [2.05, 4.69) is 0 Å². The molecule has 0 aromatic heterocycles. The van der Waals surface area contributed by atoms with E-state index in [1.807, 2.05) is 25.7 Å². The second-order valence-corrected chi connectivity index (χ2v) is 6.94. The third-order valence-electron chi connectivity index (χ3n) is 4.05. The van der Waals surface area contributed by atoms with Gasteiger partial charge in [0.05, 0.1) is 5.41 Å². The van der Waals surface area contributed by atoms with E-state index in [1.54, 1.807) is 5.06 Å². The zero-order valence-corrected chi connectivity index (χ0v) is 12.9. The normalized spacial score (nSPS) is 22.4. The number of piperidine rings is 1. The minimum Gasteiger partial charge on any atom is -0.367 e. The Balaban J connectivity index is 1.72. The van der Waals surface area contributed by atoms with Gasteiger partial charge in [0, 0.05) is 32.6 Å².